The van der Waals surface area contributed by atoms with Crippen LogP contribution in [0.4, 0.5) is 0 Å². The summed E-state index contributed by atoms with van der Waals surface area (Å²) in [6.07, 6.45) is 1.13. The maximum Gasteiger partial charge on any atom is 0.224 e. The maximum atomic E-state index is 11.8. The van der Waals surface area contributed by atoms with Gasteiger partial charge in [-0.2, -0.15) is 5.26 Å². The average Bonchev–Trinajstić information content (AvgIpc) is 2.42. The molecule has 18 heavy (non-hydrogen) atoms. The lowest BCUT2D eigenvalue weighted by Crippen LogP contribution is -2.36. The van der Waals surface area contributed by atoms with Crippen LogP contribution < -0.4 is 11.1 Å². The minimum absolute atomic E-state index is 0.0655. The van der Waals surface area contributed by atoms with E-state index in [-0.39, 0.29) is 17.9 Å². The Balaban J connectivity index is 2.46. The third-order valence-electron chi connectivity index (χ3n) is 2.90. The van der Waals surface area contributed by atoms with Gasteiger partial charge in [0.2, 0.25) is 5.91 Å². The standard InChI is InChI=1S/C14H19N3O/c1-11(14(18)17-10-6-5-9-15)13(16)12-7-3-2-4-8-12/h2-4,7-8,11,13H,5-6,10,16H2,1H3,(H,17,18). The van der Waals surface area contributed by atoms with E-state index in [0.717, 1.165) is 5.56 Å². The van der Waals surface area contributed by atoms with Crippen LogP contribution in [0.15, 0.2) is 30.3 Å². The van der Waals surface area contributed by atoms with Crippen molar-refractivity contribution < 1.29 is 4.79 Å². The smallest absolute Gasteiger partial charge is 0.224 e. The highest BCUT2D eigenvalue weighted by molar-refractivity contribution is 5.79. The molecular formula is C14H19N3O. The summed E-state index contributed by atoms with van der Waals surface area (Å²) in [6, 6.07) is 11.3. The zero-order valence-electron chi connectivity index (χ0n) is 10.6. The fourth-order valence-corrected chi connectivity index (χ4v) is 1.67. The number of nitrogens with two attached hydrogens (primary N) is 1. The minimum atomic E-state index is -0.304. The molecule has 0 fully saturated rings. The van der Waals surface area contributed by atoms with Crippen molar-refractivity contribution >= 4 is 5.91 Å². The van der Waals surface area contributed by atoms with Gasteiger partial charge in [0.15, 0.2) is 0 Å². The molecular weight excluding hydrogens is 226 g/mol. The van der Waals surface area contributed by atoms with Crippen molar-refractivity contribution in [3.05, 3.63) is 35.9 Å². The van der Waals surface area contributed by atoms with Crippen LogP contribution in [0.2, 0.25) is 0 Å². The molecule has 0 bridgehead atoms. The average molecular weight is 245 g/mol. The zero-order chi connectivity index (χ0) is 13.4. The van der Waals surface area contributed by atoms with Crippen LogP contribution in [-0.2, 0) is 4.79 Å². The van der Waals surface area contributed by atoms with Gasteiger partial charge in [-0.25, -0.2) is 0 Å². The van der Waals surface area contributed by atoms with Gasteiger partial charge in [-0.05, 0) is 12.0 Å². The first kappa shape index (κ1) is 14.2. The Kier molecular flexibility index (Phi) is 5.89. The van der Waals surface area contributed by atoms with E-state index in [1.54, 1.807) is 0 Å². The molecule has 96 valence electrons. The topological polar surface area (TPSA) is 78.9 Å². The van der Waals surface area contributed by atoms with Gasteiger partial charge >= 0.3 is 0 Å². The van der Waals surface area contributed by atoms with E-state index < -0.39 is 0 Å². The summed E-state index contributed by atoms with van der Waals surface area (Å²) in [6.45, 7) is 2.34. The number of rotatable bonds is 6. The van der Waals surface area contributed by atoms with E-state index in [4.69, 9.17) is 11.0 Å². The molecule has 0 aliphatic rings. The summed E-state index contributed by atoms with van der Waals surface area (Å²) in [5, 5.41) is 11.2. The van der Waals surface area contributed by atoms with E-state index in [1.807, 2.05) is 43.3 Å². The minimum Gasteiger partial charge on any atom is -0.356 e. The molecule has 1 rings (SSSR count). The molecule has 3 N–H and O–H groups in total. The zero-order valence-corrected chi connectivity index (χ0v) is 10.6. The Morgan fingerprint density at radius 1 is 1.44 bits per heavy atom. The van der Waals surface area contributed by atoms with Crippen LogP contribution >= 0.6 is 0 Å². The second kappa shape index (κ2) is 7.46. The Labute approximate surface area is 108 Å². The summed E-state index contributed by atoms with van der Waals surface area (Å²) >= 11 is 0. The van der Waals surface area contributed by atoms with Crippen LogP contribution in [0.1, 0.15) is 31.4 Å². The monoisotopic (exact) mass is 245 g/mol. The summed E-state index contributed by atoms with van der Waals surface area (Å²) in [5.41, 5.74) is 7.01. The fraction of sp³-hybridized carbons (Fsp3) is 0.429. The second-order valence-electron chi connectivity index (χ2n) is 4.28. The molecule has 2 atom stereocenters. The Bertz CT molecular complexity index is 411. The van der Waals surface area contributed by atoms with Crippen LogP contribution in [0.3, 0.4) is 0 Å². The van der Waals surface area contributed by atoms with Gasteiger partial charge in [0, 0.05) is 19.0 Å². The number of nitriles is 1. The molecule has 4 nitrogen and oxygen atoms in total. The predicted octanol–water partition coefficient (Wildman–Crippen LogP) is 1.74. The highest BCUT2D eigenvalue weighted by atomic mass is 16.1. The van der Waals surface area contributed by atoms with Crippen molar-refractivity contribution in [3.63, 3.8) is 0 Å². The molecule has 0 saturated heterocycles. The summed E-state index contributed by atoms with van der Waals surface area (Å²) in [5.74, 6) is -0.348. The second-order valence-corrected chi connectivity index (χ2v) is 4.28. The van der Waals surface area contributed by atoms with Crippen molar-refractivity contribution in [2.24, 2.45) is 11.7 Å². The van der Waals surface area contributed by atoms with Crippen LogP contribution in [0.5, 0.6) is 0 Å². The third-order valence-corrected chi connectivity index (χ3v) is 2.90. The molecule has 1 aromatic rings. The highest BCUT2D eigenvalue weighted by Gasteiger charge is 2.21. The molecule has 0 aliphatic heterocycles. The van der Waals surface area contributed by atoms with E-state index in [1.165, 1.54) is 0 Å². The van der Waals surface area contributed by atoms with Gasteiger partial charge in [-0.3, -0.25) is 4.79 Å². The van der Waals surface area contributed by atoms with Gasteiger partial charge in [0.05, 0.1) is 12.0 Å². The van der Waals surface area contributed by atoms with Gasteiger partial charge in [-0.15, -0.1) is 0 Å². The Morgan fingerprint density at radius 3 is 2.72 bits per heavy atom. The molecule has 4 heteroatoms. The number of hydrogen-bond donors (Lipinski definition) is 2. The third kappa shape index (κ3) is 4.19. The number of nitrogens with one attached hydrogen (secondary N) is 1. The number of carbonyl (C=O) groups excluding carboxylic acids is 1. The molecule has 0 radical (unpaired) electrons. The molecule has 2 unspecified atom stereocenters. The quantitative estimate of drug-likeness (QED) is 0.749. The summed E-state index contributed by atoms with van der Waals surface area (Å²) in [7, 11) is 0. The first-order valence-electron chi connectivity index (χ1n) is 6.12. The van der Waals surface area contributed by atoms with Crippen molar-refractivity contribution in [2.75, 3.05) is 6.54 Å². The SMILES string of the molecule is CC(C(=O)NCCCC#N)C(N)c1ccccc1. The maximum absolute atomic E-state index is 11.8. The van der Waals surface area contributed by atoms with Crippen molar-refractivity contribution in [2.45, 2.75) is 25.8 Å². The number of carbonyl (C=O) groups is 1. The van der Waals surface area contributed by atoms with E-state index in [0.29, 0.717) is 19.4 Å². The lowest BCUT2D eigenvalue weighted by molar-refractivity contribution is -0.125. The number of amides is 1. The lowest BCUT2D eigenvalue weighted by Gasteiger charge is -2.19. The Hall–Kier alpha value is -1.86. The largest absolute Gasteiger partial charge is 0.356 e. The molecule has 0 spiro atoms. The van der Waals surface area contributed by atoms with Gasteiger partial charge in [0.1, 0.15) is 0 Å². The molecule has 0 saturated carbocycles. The van der Waals surface area contributed by atoms with E-state index in [9.17, 15) is 4.79 Å². The van der Waals surface area contributed by atoms with Crippen molar-refractivity contribution in [3.8, 4) is 6.07 Å². The van der Waals surface area contributed by atoms with Crippen LogP contribution in [-0.4, -0.2) is 12.5 Å². The van der Waals surface area contributed by atoms with Crippen molar-refractivity contribution in [1.82, 2.24) is 5.32 Å². The van der Waals surface area contributed by atoms with Crippen LogP contribution in [0.25, 0.3) is 0 Å². The Morgan fingerprint density at radius 2 is 2.11 bits per heavy atom. The molecule has 1 aromatic carbocycles. The molecule has 0 aliphatic carbocycles. The van der Waals surface area contributed by atoms with Crippen LogP contribution in [0, 0.1) is 17.2 Å². The number of unbranched alkanes of at least 4 members (excludes halogenated alkanes) is 1. The highest BCUT2D eigenvalue weighted by Crippen LogP contribution is 2.18. The number of hydrogen-bond acceptors (Lipinski definition) is 3. The summed E-state index contributed by atoms with van der Waals surface area (Å²) in [4.78, 5) is 11.8. The number of benzene rings is 1. The van der Waals surface area contributed by atoms with Crippen molar-refractivity contribution in [1.29, 1.82) is 5.26 Å². The van der Waals surface area contributed by atoms with E-state index >= 15 is 0 Å². The van der Waals surface area contributed by atoms with Gasteiger partial charge in [0.25, 0.3) is 0 Å². The fourth-order valence-electron chi connectivity index (χ4n) is 1.67. The first-order valence-corrected chi connectivity index (χ1v) is 6.12. The molecule has 1 amide bonds. The normalized spacial score (nSPS) is 13.4. The summed E-state index contributed by atoms with van der Waals surface area (Å²) < 4.78 is 0. The molecule has 0 heterocycles. The molecule has 0 aromatic heterocycles. The number of nitrogens with zero attached hydrogens (tertiary/aromatic N) is 1. The van der Waals surface area contributed by atoms with E-state index in [2.05, 4.69) is 5.32 Å². The van der Waals surface area contributed by atoms with Gasteiger partial charge < -0.3 is 11.1 Å². The van der Waals surface area contributed by atoms with Gasteiger partial charge in [-0.1, -0.05) is 37.3 Å². The predicted molar refractivity (Wildman–Crippen MR) is 70.4 cm³/mol. The first-order chi connectivity index (χ1) is 8.66. The lowest BCUT2D eigenvalue weighted by atomic mass is 9.94.